The third-order valence-corrected chi connectivity index (χ3v) is 4.25. The molecule has 1 heterocycles. The molecule has 2 aromatic rings. The van der Waals surface area contributed by atoms with Crippen LogP contribution in [0.15, 0.2) is 23.1 Å². The molecule has 0 nitrogen and oxygen atoms in total. The molecule has 0 radical (unpaired) electrons. The van der Waals surface area contributed by atoms with E-state index in [1.54, 1.807) is 23.1 Å². The summed E-state index contributed by atoms with van der Waals surface area (Å²) in [7, 11) is 0. The molecular weight excluding hydrogens is 220 g/mol. The Morgan fingerprint density at radius 2 is 2.15 bits per heavy atom. The largest absolute Gasteiger partial charge is 0.139 e. The van der Waals surface area contributed by atoms with E-state index in [0.717, 1.165) is 5.02 Å². The molecule has 0 spiro atoms. The van der Waals surface area contributed by atoms with Crippen LogP contribution in [0.3, 0.4) is 0 Å². The fourth-order valence-electron chi connectivity index (χ4n) is 1.37. The minimum absolute atomic E-state index is 0.867. The molecule has 1 aromatic carbocycles. The fraction of sp³-hybridized carbons (Fsp3) is 0.200. The molecule has 0 aliphatic heterocycles. The number of rotatable bonds is 1. The second-order valence-electron chi connectivity index (χ2n) is 2.85. The van der Waals surface area contributed by atoms with Crippen LogP contribution in [-0.4, -0.2) is 6.26 Å². The third-order valence-electron chi connectivity index (χ3n) is 1.94. The molecule has 3 heteroatoms. The van der Waals surface area contributed by atoms with Gasteiger partial charge >= 0.3 is 0 Å². The summed E-state index contributed by atoms with van der Waals surface area (Å²) in [6.07, 6.45) is 2.09. The minimum Gasteiger partial charge on any atom is -0.139 e. The molecule has 0 unspecified atom stereocenters. The summed E-state index contributed by atoms with van der Waals surface area (Å²) in [6, 6.07) is 6.27. The molecule has 13 heavy (non-hydrogen) atoms. The molecular formula is C10H9ClS2. The van der Waals surface area contributed by atoms with E-state index >= 15 is 0 Å². The predicted octanol–water partition coefficient (Wildman–Crippen LogP) is 4.59. The maximum absolute atomic E-state index is 6.10. The summed E-state index contributed by atoms with van der Waals surface area (Å²) in [6.45, 7) is 2.12. The van der Waals surface area contributed by atoms with Crippen molar-refractivity contribution >= 4 is 44.8 Å². The monoisotopic (exact) mass is 228 g/mol. The zero-order chi connectivity index (χ0) is 9.42. The van der Waals surface area contributed by atoms with Gasteiger partial charge in [0, 0.05) is 15.2 Å². The van der Waals surface area contributed by atoms with Crippen LogP contribution in [-0.2, 0) is 0 Å². The Balaban J connectivity index is 2.83. The first-order valence-corrected chi connectivity index (χ1v) is 6.37. The SMILES string of the molecule is CSc1ccc(Cl)c2sc(C)cc12. The number of hydrogen-bond donors (Lipinski definition) is 0. The summed E-state index contributed by atoms with van der Waals surface area (Å²) >= 11 is 9.63. The van der Waals surface area contributed by atoms with Crippen LogP contribution in [0, 0.1) is 6.92 Å². The van der Waals surface area contributed by atoms with Gasteiger partial charge in [-0.15, -0.1) is 23.1 Å². The van der Waals surface area contributed by atoms with Crippen molar-refractivity contribution in [2.45, 2.75) is 11.8 Å². The number of fused-ring (bicyclic) bond motifs is 1. The Hall–Kier alpha value is -0.180. The second-order valence-corrected chi connectivity index (χ2v) is 5.36. The van der Waals surface area contributed by atoms with Gasteiger partial charge in [0.05, 0.1) is 9.72 Å². The van der Waals surface area contributed by atoms with Crippen LogP contribution >= 0.6 is 34.7 Å². The van der Waals surface area contributed by atoms with E-state index in [-0.39, 0.29) is 0 Å². The standard InChI is InChI=1S/C10H9ClS2/c1-6-5-7-9(12-2)4-3-8(11)10(7)13-6/h3-5H,1-2H3. The second kappa shape index (κ2) is 3.52. The quantitative estimate of drug-likeness (QED) is 0.644. The molecule has 0 atom stereocenters. The summed E-state index contributed by atoms with van der Waals surface area (Å²) in [4.78, 5) is 2.63. The van der Waals surface area contributed by atoms with Crippen LogP contribution in [0.25, 0.3) is 10.1 Å². The highest BCUT2D eigenvalue weighted by Crippen LogP contribution is 2.36. The van der Waals surface area contributed by atoms with Gasteiger partial charge in [-0.1, -0.05) is 11.6 Å². The molecule has 0 amide bonds. The molecule has 0 aliphatic carbocycles. The number of halogens is 1. The van der Waals surface area contributed by atoms with Crippen LogP contribution < -0.4 is 0 Å². The van der Waals surface area contributed by atoms with Crippen molar-refractivity contribution in [3.05, 3.63) is 28.1 Å². The molecule has 0 fully saturated rings. The fourth-order valence-corrected chi connectivity index (χ4v) is 3.24. The van der Waals surface area contributed by atoms with Crippen molar-refractivity contribution in [1.82, 2.24) is 0 Å². The zero-order valence-electron chi connectivity index (χ0n) is 7.43. The lowest BCUT2D eigenvalue weighted by atomic mass is 10.2. The van der Waals surface area contributed by atoms with Gasteiger partial charge in [0.2, 0.25) is 0 Å². The predicted molar refractivity (Wildman–Crippen MR) is 63.4 cm³/mol. The molecule has 0 N–H and O–H groups in total. The van der Waals surface area contributed by atoms with E-state index in [4.69, 9.17) is 11.6 Å². The highest BCUT2D eigenvalue weighted by Gasteiger charge is 2.06. The Labute approximate surface area is 90.9 Å². The van der Waals surface area contributed by atoms with Gasteiger partial charge in [0.1, 0.15) is 0 Å². The molecule has 0 aliphatic rings. The Kier molecular flexibility index (Phi) is 2.54. The van der Waals surface area contributed by atoms with E-state index in [1.807, 2.05) is 6.07 Å². The lowest BCUT2D eigenvalue weighted by molar-refractivity contribution is 1.56. The third kappa shape index (κ3) is 1.58. The van der Waals surface area contributed by atoms with Crippen molar-refractivity contribution in [2.24, 2.45) is 0 Å². The van der Waals surface area contributed by atoms with Crippen LogP contribution in [0.4, 0.5) is 0 Å². The molecule has 2 rings (SSSR count). The van der Waals surface area contributed by atoms with Crippen molar-refractivity contribution in [3.63, 3.8) is 0 Å². The topological polar surface area (TPSA) is 0 Å². The average Bonchev–Trinajstić information content (AvgIpc) is 2.48. The number of thiophene rings is 1. The molecule has 68 valence electrons. The van der Waals surface area contributed by atoms with Crippen molar-refractivity contribution in [3.8, 4) is 0 Å². The van der Waals surface area contributed by atoms with E-state index in [9.17, 15) is 0 Å². The normalized spacial score (nSPS) is 11.0. The Bertz CT molecular complexity index is 445. The van der Waals surface area contributed by atoms with Gasteiger partial charge in [-0.25, -0.2) is 0 Å². The van der Waals surface area contributed by atoms with Gasteiger partial charge in [-0.2, -0.15) is 0 Å². The van der Waals surface area contributed by atoms with Crippen molar-refractivity contribution < 1.29 is 0 Å². The van der Waals surface area contributed by atoms with Crippen molar-refractivity contribution in [1.29, 1.82) is 0 Å². The van der Waals surface area contributed by atoms with Gasteiger partial charge in [0.15, 0.2) is 0 Å². The highest BCUT2D eigenvalue weighted by molar-refractivity contribution is 7.98. The number of aryl methyl sites for hydroxylation is 1. The van der Waals surface area contributed by atoms with E-state index in [1.165, 1.54) is 19.9 Å². The van der Waals surface area contributed by atoms with E-state index in [2.05, 4.69) is 25.3 Å². The average molecular weight is 229 g/mol. The van der Waals surface area contributed by atoms with Gasteiger partial charge < -0.3 is 0 Å². The first kappa shape index (κ1) is 9.38. The number of hydrogen-bond acceptors (Lipinski definition) is 2. The van der Waals surface area contributed by atoms with Crippen LogP contribution in [0.5, 0.6) is 0 Å². The maximum Gasteiger partial charge on any atom is 0.0585 e. The number of benzene rings is 1. The lowest BCUT2D eigenvalue weighted by Crippen LogP contribution is -1.71. The van der Waals surface area contributed by atoms with Gasteiger partial charge in [-0.05, 0) is 31.4 Å². The molecule has 1 aromatic heterocycles. The van der Waals surface area contributed by atoms with Crippen LogP contribution in [0.2, 0.25) is 5.02 Å². The molecule has 0 saturated carbocycles. The maximum atomic E-state index is 6.10. The Morgan fingerprint density at radius 1 is 1.38 bits per heavy atom. The zero-order valence-corrected chi connectivity index (χ0v) is 9.82. The summed E-state index contributed by atoms with van der Waals surface area (Å²) in [5.41, 5.74) is 0. The van der Waals surface area contributed by atoms with Gasteiger partial charge in [0.25, 0.3) is 0 Å². The molecule has 0 bridgehead atoms. The first-order chi connectivity index (χ1) is 6.22. The summed E-state index contributed by atoms with van der Waals surface area (Å²) in [5.74, 6) is 0. The minimum atomic E-state index is 0.867. The molecule has 0 saturated heterocycles. The Morgan fingerprint density at radius 3 is 2.85 bits per heavy atom. The first-order valence-electron chi connectivity index (χ1n) is 3.95. The lowest BCUT2D eigenvalue weighted by Gasteiger charge is -1.99. The van der Waals surface area contributed by atoms with E-state index in [0.29, 0.717) is 0 Å². The van der Waals surface area contributed by atoms with Crippen molar-refractivity contribution in [2.75, 3.05) is 6.26 Å². The highest BCUT2D eigenvalue weighted by atomic mass is 35.5. The smallest absolute Gasteiger partial charge is 0.0585 e. The van der Waals surface area contributed by atoms with Gasteiger partial charge in [-0.3, -0.25) is 0 Å². The number of thioether (sulfide) groups is 1. The van der Waals surface area contributed by atoms with E-state index < -0.39 is 0 Å². The summed E-state index contributed by atoms with van der Waals surface area (Å²) in [5, 5.41) is 2.16. The van der Waals surface area contributed by atoms with Crippen LogP contribution in [0.1, 0.15) is 4.88 Å². The summed E-state index contributed by atoms with van der Waals surface area (Å²) < 4.78 is 1.21.